The molecule has 206 valence electrons. The number of ether oxygens (including phenoxy) is 1. The van der Waals surface area contributed by atoms with E-state index in [0.717, 1.165) is 27.8 Å². The van der Waals surface area contributed by atoms with E-state index in [2.05, 4.69) is 15.5 Å². The second-order valence-electron chi connectivity index (χ2n) is 10.8. The first-order valence-corrected chi connectivity index (χ1v) is 13.4. The van der Waals surface area contributed by atoms with Gasteiger partial charge in [-0.1, -0.05) is 6.92 Å². The molecule has 2 atom stereocenters. The number of halogens is 1. The summed E-state index contributed by atoms with van der Waals surface area (Å²) in [5.74, 6) is -1.11. The number of rotatable bonds is 5. The Hall–Kier alpha value is -3.93. The number of pyridine rings is 2. The number of H-pyrrole nitrogens is 1. The fourth-order valence-electron chi connectivity index (χ4n) is 6.57. The van der Waals surface area contributed by atoms with E-state index in [4.69, 9.17) is 9.72 Å². The van der Waals surface area contributed by atoms with Gasteiger partial charge in [-0.2, -0.15) is 5.10 Å². The van der Waals surface area contributed by atoms with Crippen LogP contribution in [0.25, 0.3) is 22.3 Å². The van der Waals surface area contributed by atoms with Gasteiger partial charge in [0.2, 0.25) is 0 Å². The van der Waals surface area contributed by atoms with Gasteiger partial charge in [-0.15, -0.1) is 0 Å². The molecular weight excluding hydrogens is 517 g/mol. The number of cyclic esters (lactones) is 1. The molecule has 0 radical (unpaired) electrons. The highest BCUT2D eigenvalue weighted by molar-refractivity contribution is 5.93. The molecule has 1 aliphatic carbocycles. The SMILES string of the molecule is CC[C@@]1(O)C(=O)OCc2c1cc1n(c2=O)Cc2c-1nc1cc(F)c(C)c3c1c2[C@@H](NCc1cc(CO)[nH]n1)CC3. The van der Waals surface area contributed by atoms with Gasteiger partial charge in [-0.3, -0.25) is 9.89 Å². The summed E-state index contributed by atoms with van der Waals surface area (Å²) < 4.78 is 21.9. The Labute approximate surface area is 227 Å². The normalized spacial score (nSPS) is 20.8. The highest BCUT2D eigenvalue weighted by atomic mass is 19.1. The number of fused-ring (bicyclic) bond motifs is 5. The second-order valence-corrected chi connectivity index (χ2v) is 10.8. The molecule has 0 unspecified atom stereocenters. The molecule has 4 N–H and O–H groups in total. The Morgan fingerprint density at radius 1 is 1.25 bits per heavy atom. The van der Waals surface area contributed by atoms with Crippen molar-refractivity contribution in [1.82, 2.24) is 25.1 Å². The third-order valence-electron chi connectivity index (χ3n) is 8.76. The topological polar surface area (TPSA) is 142 Å². The van der Waals surface area contributed by atoms with Crippen LogP contribution >= 0.6 is 0 Å². The zero-order chi connectivity index (χ0) is 27.9. The van der Waals surface area contributed by atoms with Crippen LogP contribution < -0.4 is 10.9 Å². The first kappa shape index (κ1) is 25.1. The molecule has 3 aliphatic rings. The van der Waals surface area contributed by atoms with Gasteiger partial charge in [-0.05, 0) is 55.0 Å². The van der Waals surface area contributed by atoms with Gasteiger partial charge in [0.1, 0.15) is 12.4 Å². The number of hydrogen-bond donors (Lipinski definition) is 4. The highest BCUT2D eigenvalue weighted by Gasteiger charge is 2.46. The molecule has 4 aromatic rings. The lowest BCUT2D eigenvalue weighted by Gasteiger charge is -2.31. The number of aliphatic hydroxyl groups excluding tert-OH is 1. The lowest BCUT2D eigenvalue weighted by atomic mass is 9.81. The van der Waals surface area contributed by atoms with Crippen molar-refractivity contribution in [3.63, 3.8) is 0 Å². The minimum Gasteiger partial charge on any atom is -0.458 e. The summed E-state index contributed by atoms with van der Waals surface area (Å²) in [5.41, 5.74) is 4.51. The zero-order valence-electron chi connectivity index (χ0n) is 22.1. The van der Waals surface area contributed by atoms with E-state index in [-0.39, 0.29) is 54.7 Å². The molecular formula is C29H28FN5O5. The lowest BCUT2D eigenvalue weighted by Crippen LogP contribution is -2.44. The Morgan fingerprint density at radius 2 is 2.08 bits per heavy atom. The maximum absolute atomic E-state index is 15.1. The standard InChI is InChI=1S/C29H28FN5O5/c1-3-29(39)19-7-23-26-17(10-35(23)27(37)18(19)12-40-28(29)38)25-21(31-9-14-6-15(11-36)34-33-14)5-4-16-13(2)20(30)8-22(32-26)24(16)25/h6-8,21,31,36,39H,3-5,9-12H2,1-2H3,(H,33,34)/t21-,29-/m0/s1. The number of aromatic amines is 1. The number of carbonyl (C=O) groups is 1. The Kier molecular flexibility index (Phi) is 5.51. The predicted octanol–water partition coefficient (Wildman–Crippen LogP) is 2.52. The number of aromatic nitrogens is 4. The molecule has 0 saturated carbocycles. The summed E-state index contributed by atoms with van der Waals surface area (Å²) in [4.78, 5) is 31.1. The van der Waals surface area contributed by atoms with E-state index in [9.17, 15) is 19.8 Å². The highest BCUT2D eigenvalue weighted by Crippen LogP contribution is 2.46. The van der Waals surface area contributed by atoms with Crippen molar-refractivity contribution in [2.75, 3.05) is 0 Å². The largest absolute Gasteiger partial charge is 0.458 e. The molecule has 7 rings (SSSR count). The van der Waals surface area contributed by atoms with Crippen LogP contribution in [0.4, 0.5) is 4.39 Å². The van der Waals surface area contributed by atoms with E-state index in [1.54, 1.807) is 30.5 Å². The number of carbonyl (C=O) groups excluding carboxylic acids is 1. The van der Waals surface area contributed by atoms with E-state index in [1.807, 2.05) is 0 Å². The summed E-state index contributed by atoms with van der Waals surface area (Å²) in [5, 5.41) is 32.1. The summed E-state index contributed by atoms with van der Waals surface area (Å²) in [7, 11) is 0. The molecule has 2 aliphatic heterocycles. The van der Waals surface area contributed by atoms with E-state index in [1.165, 1.54) is 6.07 Å². The van der Waals surface area contributed by atoms with Crippen LogP contribution in [0.15, 0.2) is 23.0 Å². The summed E-state index contributed by atoms with van der Waals surface area (Å²) >= 11 is 0. The molecule has 0 bridgehead atoms. The molecule has 1 aromatic carbocycles. The number of nitrogens with one attached hydrogen (secondary N) is 2. The summed E-state index contributed by atoms with van der Waals surface area (Å²) in [6.45, 7) is 3.82. The van der Waals surface area contributed by atoms with Crippen molar-refractivity contribution < 1.29 is 24.1 Å². The van der Waals surface area contributed by atoms with Gasteiger partial charge in [0.25, 0.3) is 5.56 Å². The fraction of sp³-hybridized carbons (Fsp3) is 0.379. The quantitative estimate of drug-likeness (QED) is 0.247. The number of nitrogens with zero attached hydrogens (tertiary/aromatic N) is 3. The van der Waals surface area contributed by atoms with E-state index in [0.29, 0.717) is 47.5 Å². The minimum atomic E-state index is -1.92. The number of esters is 1. The lowest BCUT2D eigenvalue weighted by molar-refractivity contribution is -0.172. The van der Waals surface area contributed by atoms with Gasteiger partial charge >= 0.3 is 5.97 Å². The second kappa shape index (κ2) is 8.79. The van der Waals surface area contributed by atoms with Gasteiger partial charge in [0.05, 0.1) is 47.0 Å². The summed E-state index contributed by atoms with van der Waals surface area (Å²) in [6, 6.07) is 4.80. The van der Waals surface area contributed by atoms with E-state index < -0.39 is 11.6 Å². The Morgan fingerprint density at radius 3 is 2.83 bits per heavy atom. The molecule has 0 saturated heterocycles. The van der Waals surface area contributed by atoms with Crippen LogP contribution in [0.1, 0.15) is 70.6 Å². The molecule has 40 heavy (non-hydrogen) atoms. The Bertz CT molecular complexity index is 1810. The third kappa shape index (κ3) is 3.38. The number of aryl methyl sites for hydroxylation is 1. The first-order valence-electron chi connectivity index (χ1n) is 13.4. The van der Waals surface area contributed by atoms with Crippen molar-refractivity contribution in [1.29, 1.82) is 0 Å². The van der Waals surface area contributed by atoms with Crippen LogP contribution in [0.3, 0.4) is 0 Å². The molecule has 11 heteroatoms. The van der Waals surface area contributed by atoms with Gasteiger partial charge < -0.3 is 24.8 Å². The van der Waals surface area contributed by atoms with Crippen LogP contribution in [-0.2, 0) is 47.9 Å². The van der Waals surface area contributed by atoms with E-state index >= 15 is 4.39 Å². The van der Waals surface area contributed by atoms with Crippen molar-refractivity contribution in [3.8, 4) is 11.4 Å². The zero-order valence-corrected chi connectivity index (χ0v) is 22.1. The van der Waals surface area contributed by atoms with Gasteiger partial charge in [0.15, 0.2) is 5.60 Å². The number of aliphatic hydroxyl groups is 2. The molecule has 0 amide bonds. The van der Waals surface area contributed by atoms with Crippen molar-refractivity contribution in [3.05, 3.63) is 79.1 Å². The van der Waals surface area contributed by atoms with Crippen LogP contribution in [0.2, 0.25) is 0 Å². The van der Waals surface area contributed by atoms with Gasteiger partial charge in [0, 0.05) is 35.2 Å². The van der Waals surface area contributed by atoms with Crippen LogP contribution in [0, 0.1) is 12.7 Å². The maximum Gasteiger partial charge on any atom is 0.343 e. The molecule has 5 heterocycles. The van der Waals surface area contributed by atoms with Crippen LogP contribution in [0.5, 0.6) is 0 Å². The average Bonchev–Trinajstić information content (AvgIpc) is 3.58. The van der Waals surface area contributed by atoms with Crippen molar-refractivity contribution in [2.45, 2.75) is 71.1 Å². The average molecular weight is 546 g/mol. The van der Waals surface area contributed by atoms with Gasteiger partial charge in [-0.25, -0.2) is 14.2 Å². The predicted molar refractivity (Wildman–Crippen MR) is 142 cm³/mol. The van der Waals surface area contributed by atoms with Crippen molar-refractivity contribution in [2.24, 2.45) is 0 Å². The maximum atomic E-state index is 15.1. The van der Waals surface area contributed by atoms with Crippen LogP contribution in [-0.4, -0.2) is 35.9 Å². The monoisotopic (exact) mass is 545 g/mol. The molecule has 0 spiro atoms. The molecule has 3 aromatic heterocycles. The summed E-state index contributed by atoms with van der Waals surface area (Å²) in [6.07, 6.45) is 1.42. The number of hydrogen-bond acceptors (Lipinski definition) is 8. The number of benzene rings is 1. The van der Waals surface area contributed by atoms with Crippen molar-refractivity contribution >= 4 is 16.9 Å². The minimum absolute atomic E-state index is 0.0516. The molecule has 0 fully saturated rings. The fourth-order valence-corrected chi connectivity index (χ4v) is 6.57. The third-order valence-corrected chi connectivity index (χ3v) is 8.76. The Balaban J connectivity index is 1.43. The smallest absolute Gasteiger partial charge is 0.343 e. The molecule has 10 nitrogen and oxygen atoms in total. The first-order chi connectivity index (χ1) is 19.2.